The molecule has 0 radical (unpaired) electrons. The maximum Gasteiger partial charge on any atom is 0.0144 e. The van der Waals surface area contributed by atoms with Gasteiger partial charge in [-0.3, -0.25) is 0 Å². The molecule has 1 heteroatoms. The largest absolute Gasteiger partial charge is 0.389 e. The Morgan fingerprint density at radius 2 is 2.50 bits per heavy atom. The summed E-state index contributed by atoms with van der Waals surface area (Å²) in [6.45, 7) is 7.23. The van der Waals surface area contributed by atoms with Crippen molar-refractivity contribution in [3.05, 3.63) is 12.3 Å². The summed E-state index contributed by atoms with van der Waals surface area (Å²) in [7, 11) is 0. The maximum atomic E-state index is 3.88. The highest BCUT2D eigenvalue weighted by molar-refractivity contribution is 4.98. The first-order valence-electron chi connectivity index (χ1n) is 3.23. The van der Waals surface area contributed by atoms with Gasteiger partial charge in [0, 0.05) is 12.2 Å². The monoisotopic (exact) mass is 111 g/mol. The van der Waals surface area contributed by atoms with Crippen LogP contribution in [0.15, 0.2) is 12.3 Å². The predicted molar refractivity (Wildman–Crippen MR) is 35.5 cm³/mol. The molecule has 0 aromatic carbocycles. The predicted octanol–water partition coefficient (Wildman–Crippen LogP) is 1.52. The van der Waals surface area contributed by atoms with Gasteiger partial charge in [0.2, 0.25) is 0 Å². The Bertz CT molecular complexity index is 96.6. The van der Waals surface area contributed by atoms with Crippen LogP contribution in [-0.4, -0.2) is 6.54 Å². The average molecular weight is 111 g/mol. The second kappa shape index (κ2) is 2.21. The number of nitrogens with one attached hydrogen (secondary N) is 1. The molecule has 0 aromatic rings. The molecular weight excluding hydrogens is 98.1 g/mol. The summed E-state index contributed by atoms with van der Waals surface area (Å²) in [4.78, 5) is 0. The van der Waals surface area contributed by atoms with Crippen LogP contribution in [0.25, 0.3) is 0 Å². The minimum atomic E-state index is 0.698. The van der Waals surface area contributed by atoms with E-state index >= 15 is 0 Å². The van der Waals surface area contributed by atoms with Crippen LogP contribution >= 0.6 is 0 Å². The van der Waals surface area contributed by atoms with Crippen LogP contribution in [0.4, 0.5) is 0 Å². The van der Waals surface area contributed by atoms with Crippen LogP contribution in [0, 0.1) is 5.92 Å². The molecule has 0 saturated carbocycles. The van der Waals surface area contributed by atoms with Gasteiger partial charge in [0.1, 0.15) is 0 Å². The molecule has 1 saturated heterocycles. The van der Waals surface area contributed by atoms with Crippen LogP contribution in [0.3, 0.4) is 0 Å². The van der Waals surface area contributed by atoms with E-state index < -0.39 is 0 Å². The van der Waals surface area contributed by atoms with E-state index in [4.69, 9.17) is 0 Å². The topological polar surface area (TPSA) is 12.0 Å². The van der Waals surface area contributed by atoms with E-state index in [2.05, 4.69) is 18.8 Å². The molecule has 0 aliphatic carbocycles. The Kier molecular flexibility index (Phi) is 1.56. The van der Waals surface area contributed by atoms with Crippen molar-refractivity contribution in [1.82, 2.24) is 5.32 Å². The van der Waals surface area contributed by atoms with E-state index in [1.54, 1.807) is 0 Å². The minimum Gasteiger partial charge on any atom is -0.389 e. The standard InChI is InChI=1S/C7H13N/c1-6-4-3-5-8-7(6)2/h6,8H,2-5H2,1H3. The molecule has 8 heavy (non-hydrogen) atoms. The lowest BCUT2D eigenvalue weighted by atomic mass is 9.99. The highest BCUT2D eigenvalue weighted by Crippen LogP contribution is 2.15. The first-order chi connectivity index (χ1) is 3.80. The summed E-state index contributed by atoms with van der Waals surface area (Å²) < 4.78 is 0. The number of hydrogen-bond donors (Lipinski definition) is 1. The molecule has 0 spiro atoms. The molecule has 1 rings (SSSR count). The van der Waals surface area contributed by atoms with Gasteiger partial charge in [0.25, 0.3) is 0 Å². The molecule has 1 heterocycles. The number of hydrogen-bond acceptors (Lipinski definition) is 1. The maximum absolute atomic E-state index is 3.88. The van der Waals surface area contributed by atoms with E-state index in [1.807, 2.05) is 0 Å². The van der Waals surface area contributed by atoms with Crippen molar-refractivity contribution in [3.8, 4) is 0 Å². The van der Waals surface area contributed by atoms with Crippen molar-refractivity contribution in [3.63, 3.8) is 0 Å². The van der Waals surface area contributed by atoms with Gasteiger partial charge in [0.15, 0.2) is 0 Å². The van der Waals surface area contributed by atoms with Crippen molar-refractivity contribution < 1.29 is 0 Å². The molecular formula is C7H13N. The van der Waals surface area contributed by atoms with E-state index in [-0.39, 0.29) is 0 Å². The molecule has 1 nitrogen and oxygen atoms in total. The highest BCUT2D eigenvalue weighted by Gasteiger charge is 2.09. The van der Waals surface area contributed by atoms with Gasteiger partial charge >= 0.3 is 0 Å². The van der Waals surface area contributed by atoms with Crippen molar-refractivity contribution in [2.24, 2.45) is 5.92 Å². The van der Waals surface area contributed by atoms with Crippen LogP contribution in [0.1, 0.15) is 19.8 Å². The van der Waals surface area contributed by atoms with Gasteiger partial charge in [0.05, 0.1) is 0 Å². The molecule has 1 aliphatic rings. The van der Waals surface area contributed by atoms with Crippen molar-refractivity contribution in [2.45, 2.75) is 19.8 Å². The summed E-state index contributed by atoms with van der Waals surface area (Å²) in [6, 6.07) is 0. The third-order valence-electron chi connectivity index (χ3n) is 1.76. The van der Waals surface area contributed by atoms with Crippen LogP contribution in [0.2, 0.25) is 0 Å². The summed E-state index contributed by atoms with van der Waals surface area (Å²) >= 11 is 0. The fourth-order valence-electron chi connectivity index (χ4n) is 1.01. The Hall–Kier alpha value is -0.460. The van der Waals surface area contributed by atoms with E-state index in [0.29, 0.717) is 5.92 Å². The normalized spacial score (nSPS) is 29.6. The Balaban J connectivity index is 2.39. The molecule has 1 atom stereocenters. The highest BCUT2D eigenvalue weighted by atomic mass is 14.9. The molecule has 0 bridgehead atoms. The van der Waals surface area contributed by atoms with E-state index in [9.17, 15) is 0 Å². The Morgan fingerprint density at radius 3 is 2.88 bits per heavy atom. The quantitative estimate of drug-likeness (QED) is 0.499. The van der Waals surface area contributed by atoms with Crippen molar-refractivity contribution in [1.29, 1.82) is 0 Å². The average Bonchev–Trinajstić information content (AvgIpc) is 1.77. The molecule has 0 aromatic heterocycles. The summed E-state index contributed by atoms with van der Waals surface area (Å²) in [6.07, 6.45) is 2.62. The molecule has 0 amide bonds. The zero-order chi connectivity index (χ0) is 5.98. The van der Waals surface area contributed by atoms with Gasteiger partial charge < -0.3 is 5.32 Å². The van der Waals surface area contributed by atoms with E-state index in [0.717, 1.165) is 6.54 Å². The molecule has 46 valence electrons. The summed E-state index contributed by atoms with van der Waals surface area (Å²) in [5.41, 5.74) is 1.22. The number of allylic oxidation sites excluding steroid dienone is 1. The zero-order valence-electron chi connectivity index (χ0n) is 5.41. The number of piperidine rings is 1. The number of rotatable bonds is 0. The third kappa shape index (κ3) is 1.03. The molecule has 1 fully saturated rings. The Labute approximate surface area is 50.8 Å². The van der Waals surface area contributed by atoms with Gasteiger partial charge in [-0.15, -0.1) is 0 Å². The van der Waals surface area contributed by atoms with Gasteiger partial charge in [-0.2, -0.15) is 0 Å². The van der Waals surface area contributed by atoms with Crippen molar-refractivity contribution in [2.75, 3.05) is 6.54 Å². The lowest BCUT2D eigenvalue weighted by Crippen LogP contribution is -2.24. The fourth-order valence-corrected chi connectivity index (χ4v) is 1.01. The molecule has 1 N–H and O–H groups in total. The van der Waals surface area contributed by atoms with Gasteiger partial charge in [-0.1, -0.05) is 13.5 Å². The fraction of sp³-hybridized carbons (Fsp3) is 0.714. The SMILES string of the molecule is C=C1NCCCC1C. The second-order valence-electron chi connectivity index (χ2n) is 2.50. The summed E-state index contributed by atoms with van der Waals surface area (Å²) in [5, 5.41) is 3.24. The first kappa shape index (κ1) is 5.67. The smallest absolute Gasteiger partial charge is 0.0144 e. The lowest BCUT2D eigenvalue weighted by molar-refractivity contribution is 0.475. The Morgan fingerprint density at radius 1 is 1.75 bits per heavy atom. The van der Waals surface area contributed by atoms with Gasteiger partial charge in [-0.05, 0) is 18.8 Å². The van der Waals surface area contributed by atoms with Crippen LogP contribution in [0.5, 0.6) is 0 Å². The van der Waals surface area contributed by atoms with Crippen LogP contribution < -0.4 is 5.32 Å². The van der Waals surface area contributed by atoms with Crippen molar-refractivity contribution >= 4 is 0 Å². The second-order valence-corrected chi connectivity index (χ2v) is 2.50. The minimum absolute atomic E-state index is 0.698. The zero-order valence-corrected chi connectivity index (χ0v) is 5.41. The third-order valence-corrected chi connectivity index (χ3v) is 1.76. The summed E-state index contributed by atoms with van der Waals surface area (Å²) in [5.74, 6) is 0.698. The molecule has 1 unspecified atom stereocenters. The van der Waals surface area contributed by atoms with Crippen LogP contribution in [-0.2, 0) is 0 Å². The molecule has 1 aliphatic heterocycles. The van der Waals surface area contributed by atoms with E-state index in [1.165, 1.54) is 18.5 Å². The van der Waals surface area contributed by atoms with Gasteiger partial charge in [-0.25, -0.2) is 0 Å². The first-order valence-corrected chi connectivity index (χ1v) is 3.23. The lowest BCUT2D eigenvalue weighted by Gasteiger charge is -2.21.